The fourth-order valence-electron chi connectivity index (χ4n) is 1.60. The molecule has 17 heavy (non-hydrogen) atoms. The number of para-hydroxylation sites is 1. The van der Waals surface area contributed by atoms with E-state index in [-0.39, 0.29) is 6.03 Å². The largest absolute Gasteiger partial charge is 0.335 e. The number of urea groups is 1. The SMILES string of the molecule is N#CCCN(C(=O)NC1CC1)c1ccccc1. The van der Waals surface area contributed by atoms with Gasteiger partial charge in [-0.15, -0.1) is 0 Å². The predicted octanol–water partition coefficient (Wildman–Crippen LogP) is 2.28. The standard InChI is InChI=1S/C13H15N3O/c14-9-4-10-16(12-5-2-1-3-6-12)13(17)15-11-7-8-11/h1-3,5-6,11H,4,7-8,10H2,(H,15,17). The summed E-state index contributed by atoms with van der Waals surface area (Å²) in [6, 6.07) is 11.7. The lowest BCUT2D eigenvalue weighted by Crippen LogP contribution is -2.41. The van der Waals surface area contributed by atoms with E-state index in [4.69, 9.17) is 5.26 Å². The minimum atomic E-state index is -0.103. The van der Waals surface area contributed by atoms with Crippen molar-refractivity contribution in [2.45, 2.75) is 25.3 Å². The lowest BCUT2D eigenvalue weighted by molar-refractivity contribution is 0.246. The summed E-state index contributed by atoms with van der Waals surface area (Å²) in [6.07, 6.45) is 2.46. The molecule has 88 valence electrons. The molecule has 0 saturated heterocycles. The van der Waals surface area contributed by atoms with Crippen LogP contribution in [0.3, 0.4) is 0 Å². The Morgan fingerprint density at radius 1 is 1.41 bits per heavy atom. The molecule has 1 N–H and O–H groups in total. The van der Waals surface area contributed by atoms with Crippen molar-refractivity contribution in [3.05, 3.63) is 30.3 Å². The molecule has 0 atom stereocenters. The first-order valence-electron chi connectivity index (χ1n) is 5.81. The van der Waals surface area contributed by atoms with Crippen molar-refractivity contribution in [2.75, 3.05) is 11.4 Å². The van der Waals surface area contributed by atoms with Crippen LogP contribution in [0.15, 0.2) is 30.3 Å². The first-order valence-corrected chi connectivity index (χ1v) is 5.81. The van der Waals surface area contributed by atoms with Gasteiger partial charge in [0.25, 0.3) is 0 Å². The van der Waals surface area contributed by atoms with Gasteiger partial charge in [0.2, 0.25) is 0 Å². The predicted molar refractivity (Wildman–Crippen MR) is 65.6 cm³/mol. The number of hydrogen-bond acceptors (Lipinski definition) is 2. The van der Waals surface area contributed by atoms with Gasteiger partial charge in [0, 0.05) is 18.3 Å². The third-order valence-corrected chi connectivity index (χ3v) is 2.67. The van der Waals surface area contributed by atoms with E-state index < -0.39 is 0 Å². The molecule has 1 aliphatic rings. The highest BCUT2D eigenvalue weighted by atomic mass is 16.2. The van der Waals surface area contributed by atoms with Crippen molar-refractivity contribution >= 4 is 11.7 Å². The van der Waals surface area contributed by atoms with Crippen LogP contribution in [-0.2, 0) is 0 Å². The van der Waals surface area contributed by atoms with E-state index in [9.17, 15) is 4.79 Å². The van der Waals surface area contributed by atoms with Crippen LogP contribution < -0.4 is 10.2 Å². The molecule has 1 aliphatic carbocycles. The molecular formula is C13H15N3O. The first-order chi connectivity index (χ1) is 8.31. The van der Waals surface area contributed by atoms with Gasteiger partial charge in [-0.05, 0) is 25.0 Å². The second-order valence-electron chi connectivity index (χ2n) is 4.12. The summed E-state index contributed by atoms with van der Waals surface area (Å²) in [4.78, 5) is 13.6. The van der Waals surface area contributed by atoms with Crippen molar-refractivity contribution in [1.82, 2.24) is 5.32 Å². The Morgan fingerprint density at radius 3 is 2.71 bits per heavy atom. The minimum Gasteiger partial charge on any atom is -0.335 e. The Kier molecular flexibility index (Phi) is 3.61. The van der Waals surface area contributed by atoms with Crippen LogP contribution in [0.2, 0.25) is 0 Å². The van der Waals surface area contributed by atoms with Crippen molar-refractivity contribution in [1.29, 1.82) is 5.26 Å². The highest BCUT2D eigenvalue weighted by Gasteiger charge is 2.26. The van der Waals surface area contributed by atoms with E-state index in [1.54, 1.807) is 4.90 Å². The normalized spacial score (nSPS) is 13.8. The number of nitrogens with one attached hydrogen (secondary N) is 1. The van der Waals surface area contributed by atoms with Crippen LogP contribution in [0.5, 0.6) is 0 Å². The van der Waals surface area contributed by atoms with Gasteiger partial charge in [-0.3, -0.25) is 4.90 Å². The minimum absolute atomic E-state index is 0.103. The van der Waals surface area contributed by atoms with E-state index >= 15 is 0 Å². The molecule has 0 aliphatic heterocycles. The fourth-order valence-corrected chi connectivity index (χ4v) is 1.60. The summed E-state index contributed by atoms with van der Waals surface area (Å²) in [5, 5.41) is 11.6. The third-order valence-electron chi connectivity index (χ3n) is 2.67. The monoisotopic (exact) mass is 229 g/mol. The highest BCUT2D eigenvalue weighted by molar-refractivity contribution is 5.92. The number of benzene rings is 1. The van der Waals surface area contributed by atoms with E-state index in [0.717, 1.165) is 18.5 Å². The van der Waals surface area contributed by atoms with Crippen molar-refractivity contribution < 1.29 is 4.79 Å². The van der Waals surface area contributed by atoms with E-state index in [1.807, 2.05) is 30.3 Å². The van der Waals surface area contributed by atoms with Gasteiger partial charge in [0.15, 0.2) is 0 Å². The first kappa shape index (κ1) is 11.5. The highest BCUT2D eigenvalue weighted by Crippen LogP contribution is 2.20. The van der Waals surface area contributed by atoms with E-state index in [2.05, 4.69) is 11.4 Å². The molecule has 1 fully saturated rings. The second kappa shape index (κ2) is 5.35. The Balaban J connectivity index is 2.06. The molecule has 0 radical (unpaired) electrons. The van der Waals surface area contributed by atoms with Crippen LogP contribution in [0, 0.1) is 11.3 Å². The maximum Gasteiger partial charge on any atom is 0.322 e. The fraction of sp³-hybridized carbons (Fsp3) is 0.385. The van der Waals surface area contributed by atoms with Gasteiger partial charge < -0.3 is 5.32 Å². The van der Waals surface area contributed by atoms with E-state index in [0.29, 0.717) is 19.0 Å². The zero-order chi connectivity index (χ0) is 12.1. The molecule has 1 aromatic rings. The van der Waals surface area contributed by atoms with Crippen LogP contribution in [0.4, 0.5) is 10.5 Å². The zero-order valence-corrected chi connectivity index (χ0v) is 9.60. The molecule has 0 bridgehead atoms. The quantitative estimate of drug-likeness (QED) is 0.861. The summed E-state index contributed by atoms with van der Waals surface area (Å²) in [6.45, 7) is 0.430. The maximum atomic E-state index is 12.0. The van der Waals surface area contributed by atoms with Crippen LogP contribution in [-0.4, -0.2) is 18.6 Å². The summed E-state index contributed by atoms with van der Waals surface area (Å²) in [7, 11) is 0. The Labute approximate surface area is 101 Å². The van der Waals surface area contributed by atoms with Gasteiger partial charge in [0.05, 0.1) is 12.5 Å². The molecule has 0 spiro atoms. The number of nitrogens with zero attached hydrogens (tertiary/aromatic N) is 2. The van der Waals surface area contributed by atoms with Gasteiger partial charge in [-0.25, -0.2) is 4.79 Å². The lowest BCUT2D eigenvalue weighted by Gasteiger charge is -2.22. The summed E-state index contributed by atoms with van der Waals surface area (Å²) in [5.74, 6) is 0. The Bertz CT molecular complexity index is 420. The maximum absolute atomic E-state index is 12.0. The number of amides is 2. The third kappa shape index (κ3) is 3.22. The molecule has 0 aromatic heterocycles. The summed E-state index contributed by atoms with van der Waals surface area (Å²) >= 11 is 0. The van der Waals surface area contributed by atoms with Gasteiger partial charge in [-0.1, -0.05) is 18.2 Å². The average molecular weight is 229 g/mol. The Hall–Kier alpha value is -2.02. The van der Waals surface area contributed by atoms with Crippen LogP contribution in [0.25, 0.3) is 0 Å². The molecule has 0 unspecified atom stereocenters. The average Bonchev–Trinajstić information content (AvgIpc) is 3.15. The Morgan fingerprint density at radius 2 is 2.12 bits per heavy atom. The van der Waals surface area contributed by atoms with Gasteiger partial charge in [-0.2, -0.15) is 5.26 Å². The van der Waals surface area contributed by atoms with Crippen LogP contribution >= 0.6 is 0 Å². The summed E-state index contributed by atoms with van der Waals surface area (Å²) in [5.41, 5.74) is 0.834. The smallest absolute Gasteiger partial charge is 0.322 e. The molecule has 4 nitrogen and oxygen atoms in total. The van der Waals surface area contributed by atoms with Crippen molar-refractivity contribution in [2.24, 2.45) is 0 Å². The second-order valence-corrected chi connectivity index (χ2v) is 4.12. The topological polar surface area (TPSA) is 56.1 Å². The molecule has 1 aromatic carbocycles. The number of anilines is 1. The number of carbonyl (C=O) groups is 1. The molecule has 1 saturated carbocycles. The molecule has 2 amide bonds. The van der Waals surface area contributed by atoms with Crippen LogP contribution in [0.1, 0.15) is 19.3 Å². The summed E-state index contributed by atoms with van der Waals surface area (Å²) < 4.78 is 0. The molecule has 4 heteroatoms. The number of rotatable bonds is 4. The van der Waals surface area contributed by atoms with Crippen molar-refractivity contribution in [3.8, 4) is 6.07 Å². The molecular weight excluding hydrogens is 214 g/mol. The molecule has 2 rings (SSSR count). The van der Waals surface area contributed by atoms with E-state index in [1.165, 1.54) is 0 Å². The van der Waals surface area contributed by atoms with Gasteiger partial charge in [0.1, 0.15) is 0 Å². The number of hydrogen-bond donors (Lipinski definition) is 1. The number of nitriles is 1. The van der Waals surface area contributed by atoms with Crippen molar-refractivity contribution in [3.63, 3.8) is 0 Å². The van der Waals surface area contributed by atoms with Gasteiger partial charge >= 0.3 is 6.03 Å². The lowest BCUT2D eigenvalue weighted by atomic mass is 10.3. The molecule has 0 heterocycles. The number of carbonyl (C=O) groups excluding carboxylic acids is 1. The zero-order valence-electron chi connectivity index (χ0n) is 9.60.